The van der Waals surface area contributed by atoms with E-state index in [1.807, 2.05) is 0 Å². The highest BCUT2D eigenvalue weighted by atomic mass is 16.5. The summed E-state index contributed by atoms with van der Waals surface area (Å²) in [6, 6.07) is 8.71. The number of ketones is 1. The lowest BCUT2D eigenvalue weighted by atomic mass is 10.0. The topological polar surface area (TPSA) is 56.5 Å². The van der Waals surface area contributed by atoms with Crippen molar-refractivity contribution >= 4 is 11.8 Å². The van der Waals surface area contributed by atoms with E-state index in [4.69, 9.17) is 9.15 Å². The monoisotopic (exact) mass is 258 g/mol. The lowest BCUT2D eigenvalue weighted by Crippen LogP contribution is -2.04. The average molecular weight is 258 g/mol. The van der Waals surface area contributed by atoms with Crippen molar-refractivity contribution in [1.29, 1.82) is 0 Å². The van der Waals surface area contributed by atoms with Crippen LogP contribution in [0.25, 0.3) is 11.1 Å². The van der Waals surface area contributed by atoms with Crippen molar-refractivity contribution in [3.63, 3.8) is 0 Å². The molecule has 0 aliphatic heterocycles. The lowest BCUT2D eigenvalue weighted by Gasteiger charge is -2.03. The number of ether oxygens (including phenoxy) is 1. The Hall–Kier alpha value is -2.36. The highest BCUT2D eigenvalue weighted by Crippen LogP contribution is 2.26. The van der Waals surface area contributed by atoms with Gasteiger partial charge in [-0.2, -0.15) is 0 Å². The number of hydrogen-bond donors (Lipinski definition) is 0. The third-order valence-corrected chi connectivity index (χ3v) is 2.73. The number of benzene rings is 1. The van der Waals surface area contributed by atoms with Gasteiger partial charge >= 0.3 is 5.97 Å². The van der Waals surface area contributed by atoms with Crippen LogP contribution in [0.15, 0.2) is 41.0 Å². The largest absolute Gasteiger partial charge is 0.460 e. The Morgan fingerprint density at radius 2 is 1.84 bits per heavy atom. The molecule has 0 spiro atoms. The second-order valence-corrected chi connectivity index (χ2v) is 4.02. The summed E-state index contributed by atoms with van der Waals surface area (Å²) in [5.74, 6) is -0.306. The van der Waals surface area contributed by atoms with Crippen LogP contribution in [-0.2, 0) is 4.74 Å². The van der Waals surface area contributed by atoms with E-state index in [2.05, 4.69) is 0 Å². The number of hydrogen-bond acceptors (Lipinski definition) is 4. The van der Waals surface area contributed by atoms with E-state index in [-0.39, 0.29) is 11.5 Å². The minimum absolute atomic E-state index is 0.00404. The second kappa shape index (κ2) is 5.52. The highest BCUT2D eigenvalue weighted by Gasteiger charge is 2.17. The predicted octanol–water partition coefficient (Wildman–Crippen LogP) is 3.33. The van der Waals surface area contributed by atoms with Crippen molar-refractivity contribution in [2.24, 2.45) is 0 Å². The maximum absolute atomic E-state index is 11.7. The van der Waals surface area contributed by atoms with Crippen LogP contribution in [0.1, 0.15) is 34.8 Å². The average Bonchev–Trinajstić information content (AvgIpc) is 2.88. The molecule has 2 aromatic rings. The molecule has 0 atom stereocenters. The fourth-order valence-corrected chi connectivity index (χ4v) is 1.78. The van der Waals surface area contributed by atoms with Crippen LogP contribution in [0.5, 0.6) is 0 Å². The predicted molar refractivity (Wildman–Crippen MR) is 70.1 cm³/mol. The van der Waals surface area contributed by atoms with Crippen molar-refractivity contribution in [2.45, 2.75) is 13.8 Å². The molecule has 0 radical (unpaired) electrons. The number of rotatable bonds is 4. The number of carbonyl (C=O) groups excluding carboxylic acids is 2. The molecule has 1 aromatic heterocycles. The molecule has 0 aliphatic rings. The van der Waals surface area contributed by atoms with Crippen LogP contribution in [0.2, 0.25) is 0 Å². The summed E-state index contributed by atoms with van der Waals surface area (Å²) in [6.45, 7) is 3.54. The maximum atomic E-state index is 11.7. The molecule has 98 valence electrons. The van der Waals surface area contributed by atoms with E-state index in [0.29, 0.717) is 17.7 Å². The smallest absolute Gasteiger partial charge is 0.374 e. The van der Waals surface area contributed by atoms with Gasteiger partial charge in [-0.3, -0.25) is 4.79 Å². The van der Waals surface area contributed by atoms with Gasteiger partial charge in [0.05, 0.1) is 12.9 Å². The van der Waals surface area contributed by atoms with Crippen molar-refractivity contribution in [3.05, 3.63) is 47.9 Å². The second-order valence-electron chi connectivity index (χ2n) is 4.02. The molecule has 2 rings (SSSR count). The molecule has 0 N–H and O–H groups in total. The Bertz CT molecular complexity index is 593. The van der Waals surface area contributed by atoms with Gasteiger partial charge in [0.15, 0.2) is 5.78 Å². The number of Topliss-reactive ketones (excluding diaryl/α,β-unsaturated/α-hetero) is 1. The van der Waals surface area contributed by atoms with Gasteiger partial charge in [-0.25, -0.2) is 4.79 Å². The SMILES string of the molecule is CCOC(=O)c1occc1-c1ccc(C(C)=O)cc1. The number of carbonyl (C=O) groups is 2. The highest BCUT2D eigenvalue weighted by molar-refractivity contribution is 5.96. The standard InChI is InChI=1S/C15H14O4/c1-3-18-15(17)14-13(8-9-19-14)12-6-4-11(5-7-12)10(2)16/h4-9H,3H2,1-2H3. The Balaban J connectivity index is 2.34. The normalized spacial score (nSPS) is 10.2. The molecule has 19 heavy (non-hydrogen) atoms. The first-order valence-corrected chi connectivity index (χ1v) is 5.99. The molecule has 0 saturated carbocycles. The van der Waals surface area contributed by atoms with Gasteiger partial charge in [-0.05, 0) is 25.5 Å². The van der Waals surface area contributed by atoms with E-state index in [1.165, 1.54) is 13.2 Å². The summed E-state index contributed by atoms with van der Waals surface area (Å²) in [7, 11) is 0. The number of esters is 1. The minimum Gasteiger partial charge on any atom is -0.460 e. The van der Waals surface area contributed by atoms with Crippen molar-refractivity contribution in [2.75, 3.05) is 6.61 Å². The fraction of sp³-hybridized carbons (Fsp3) is 0.200. The van der Waals surface area contributed by atoms with Gasteiger partial charge < -0.3 is 9.15 Å². The molecular formula is C15H14O4. The first-order chi connectivity index (χ1) is 9.13. The molecule has 4 nitrogen and oxygen atoms in total. The fourth-order valence-electron chi connectivity index (χ4n) is 1.78. The third kappa shape index (κ3) is 2.73. The van der Waals surface area contributed by atoms with E-state index in [1.54, 1.807) is 37.3 Å². The van der Waals surface area contributed by atoms with Crippen molar-refractivity contribution in [1.82, 2.24) is 0 Å². The molecule has 4 heteroatoms. The molecule has 0 fully saturated rings. The Kier molecular flexibility index (Phi) is 3.80. The molecule has 0 unspecified atom stereocenters. The molecule has 1 heterocycles. The summed E-state index contributed by atoms with van der Waals surface area (Å²) in [5, 5.41) is 0. The van der Waals surface area contributed by atoms with Crippen LogP contribution >= 0.6 is 0 Å². The molecule has 0 bridgehead atoms. The minimum atomic E-state index is -0.488. The van der Waals surface area contributed by atoms with Gasteiger partial charge in [-0.15, -0.1) is 0 Å². The summed E-state index contributed by atoms with van der Waals surface area (Å²) in [6.07, 6.45) is 1.44. The zero-order valence-corrected chi connectivity index (χ0v) is 10.8. The van der Waals surface area contributed by atoms with Crippen molar-refractivity contribution in [3.8, 4) is 11.1 Å². The number of furan rings is 1. The molecule has 0 aliphatic carbocycles. The Morgan fingerprint density at radius 3 is 2.42 bits per heavy atom. The quantitative estimate of drug-likeness (QED) is 0.623. The zero-order chi connectivity index (χ0) is 13.8. The third-order valence-electron chi connectivity index (χ3n) is 2.73. The summed E-state index contributed by atoms with van der Waals surface area (Å²) in [5.41, 5.74) is 2.10. The summed E-state index contributed by atoms with van der Waals surface area (Å²) in [4.78, 5) is 22.9. The van der Waals surface area contributed by atoms with E-state index >= 15 is 0 Å². The van der Waals surface area contributed by atoms with E-state index < -0.39 is 5.97 Å². The van der Waals surface area contributed by atoms with Gasteiger partial charge in [0.2, 0.25) is 5.76 Å². The van der Waals surface area contributed by atoms with Crippen LogP contribution in [0.3, 0.4) is 0 Å². The van der Waals surface area contributed by atoms with E-state index in [9.17, 15) is 9.59 Å². The molecular weight excluding hydrogens is 244 g/mol. The maximum Gasteiger partial charge on any atom is 0.374 e. The molecule has 0 saturated heterocycles. The van der Waals surface area contributed by atoms with Gasteiger partial charge in [-0.1, -0.05) is 24.3 Å². The van der Waals surface area contributed by atoms with Crippen molar-refractivity contribution < 1.29 is 18.7 Å². The Labute approximate surface area is 111 Å². The first kappa shape index (κ1) is 13.1. The van der Waals surface area contributed by atoms with Crippen LogP contribution in [-0.4, -0.2) is 18.4 Å². The van der Waals surface area contributed by atoms with Gasteiger partial charge in [0, 0.05) is 11.1 Å². The zero-order valence-electron chi connectivity index (χ0n) is 10.8. The molecule has 0 amide bonds. The first-order valence-electron chi connectivity index (χ1n) is 5.99. The lowest BCUT2D eigenvalue weighted by molar-refractivity contribution is 0.0491. The van der Waals surface area contributed by atoms with E-state index in [0.717, 1.165) is 5.56 Å². The summed E-state index contributed by atoms with van der Waals surface area (Å²) >= 11 is 0. The molecule has 1 aromatic carbocycles. The summed E-state index contributed by atoms with van der Waals surface area (Å²) < 4.78 is 10.1. The van der Waals surface area contributed by atoms with Crippen LogP contribution in [0.4, 0.5) is 0 Å². The van der Waals surface area contributed by atoms with Gasteiger partial charge in [0.1, 0.15) is 0 Å². The van der Waals surface area contributed by atoms with Crippen LogP contribution in [0, 0.1) is 0 Å². The van der Waals surface area contributed by atoms with Gasteiger partial charge in [0.25, 0.3) is 0 Å². The Morgan fingerprint density at radius 1 is 1.16 bits per heavy atom. The van der Waals surface area contributed by atoms with Crippen LogP contribution < -0.4 is 0 Å².